The number of aryl methyl sites for hydroxylation is 1. The molecule has 1 aliphatic heterocycles. The zero-order valence-electron chi connectivity index (χ0n) is 12.7. The molecule has 2 heterocycles. The van der Waals surface area contributed by atoms with Crippen molar-refractivity contribution in [2.24, 2.45) is 0 Å². The summed E-state index contributed by atoms with van der Waals surface area (Å²) in [5, 5.41) is 15.2. The van der Waals surface area contributed by atoms with E-state index in [2.05, 4.69) is 46.8 Å². The van der Waals surface area contributed by atoms with Crippen LogP contribution in [0, 0.1) is 6.92 Å². The first kappa shape index (κ1) is 14.0. The number of tetrazole rings is 1. The molecule has 112 valence electrons. The Labute approximate surface area is 124 Å². The largest absolute Gasteiger partial charge is 0.382 e. The molecule has 2 unspecified atom stereocenters. The lowest BCUT2D eigenvalue weighted by molar-refractivity contribution is -0.0337. The minimum Gasteiger partial charge on any atom is -0.382 e. The van der Waals surface area contributed by atoms with Crippen molar-refractivity contribution in [1.82, 2.24) is 20.2 Å². The first-order valence-electron chi connectivity index (χ1n) is 7.39. The molecule has 1 aliphatic rings. The van der Waals surface area contributed by atoms with Crippen molar-refractivity contribution in [3.05, 3.63) is 30.1 Å². The van der Waals surface area contributed by atoms with Gasteiger partial charge >= 0.3 is 0 Å². The SMILES string of the molecule is Cc1nnnn1-c1cccc(NC2CC(C)OC(C)C2)c1. The number of hydrogen-bond acceptors (Lipinski definition) is 5. The molecule has 2 atom stereocenters. The van der Waals surface area contributed by atoms with Crippen LogP contribution in [0.3, 0.4) is 0 Å². The van der Waals surface area contributed by atoms with E-state index in [0.717, 1.165) is 30.0 Å². The number of rotatable bonds is 3. The number of aromatic nitrogens is 4. The van der Waals surface area contributed by atoms with Crippen LogP contribution in [-0.2, 0) is 4.74 Å². The maximum Gasteiger partial charge on any atom is 0.153 e. The van der Waals surface area contributed by atoms with Crippen molar-refractivity contribution in [2.75, 3.05) is 5.32 Å². The molecule has 1 saturated heterocycles. The summed E-state index contributed by atoms with van der Waals surface area (Å²) in [7, 11) is 0. The third kappa shape index (κ3) is 3.21. The highest BCUT2D eigenvalue weighted by atomic mass is 16.5. The van der Waals surface area contributed by atoms with Crippen molar-refractivity contribution < 1.29 is 4.74 Å². The molecule has 6 heteroatoms. The Morgan fingerprint density at radius 1 is 1.24 bits per heavy atom. The highest BCUT2D eigenvalue weighted by molar-refractivity contribution is 5.51. The molecular weight excluding hydrogens is 266 g/mol. The molecule has 0 spiro atoms. The maximum absolute atomic E-state index is 5.78. The van der Waals surface area contributed by atoms with Gasteiger partial charge in [0.2, 0.25) is 0 Å². The van der Waals surface area contributed by atoms with Gasteiger partial charge in [-0.25, -0.2) is 0 Å². The quantitative estimate of drug-likeness (QED) is 0.938. The molecule has 0 saturated carbocycles. The van der Waals surface area contributed by atoms with Gasteiger partial charge in [-0.05, 0) is 62.2 Å². The Bertz CT molecular complexity index is 602. The predicted molar refractivity (Wildman–Crippen MR) is 80.5 cm³/mol. The summed E-state index contributed by atoms with van der Waals surface area (Å²) in [6, 6.07) is 8.62. The second-order valence-electron chi connectivity index (χ2n) is 5.76. The van der Waals surface area contributed by atoms with E-state index in [4.69, 9.17) is 4.74 Å². The summed E-state index contributed by atoms with van der Waals surface area (Å²) in [6.45, 7) is 6.15. The molecule has 1 fully saturated rings. The molecule has 0 bridgehead atoms. The summed E-state index contributed by atoms with van der Waals surface area (Å²) in [4.78, 5) is 0. The van der Waals surface area contributed by atoms with Crippen molar-refractivity contribution in [2.45, 2.75) is 51.9 Å². The summed E-state index contributed by atoms with van der Waals surface area (Å²) >= 11 is 0. The second-order valence-corrected chi connectivity index (χ2v) is 5.76. The van der Waals surface area contributed by atoms with Crippen LogP contribution in [0.2, 0.25) is 0 Å². The molecule has 0 aliphatic carbocycles. The fraction of sp³-hybridized carbons (Fsp3) is 0.533. The van der Waals surface area contributed by atoms with E-state index >= 15 is 0 Å². The van der Waals surface area contributed by atoms with Crippen LogP contribution >= 0.6 is 0 Å². The monoisotopic (exact) mass is 287 g/mol. The first-order chi connectivity index (χ1) is 10.1. The minimum atomic E-state index is 0.302. The standard InChI is InChI=1S/C15H21N5O/c1-10-7-14(8-11(2)21-10)16-13-5-4-6-15(9-13)20-12(3)17-18-19-20/h4-6,9-11,14,16H,7-8H2,1-3H3. The Balaban J connectivity index is 1.76. The van der Waals surface area contributed by atoms with Gasteiger partial charge in [-0.3, -0.25) is 0 Å². The fourth-order valence-corrected chi connectivity index (χ4v) is 2.96. The zero-order valence-corrected chi connectivity index (χ0v) is 12.7. The highest BCUT2D eigenvalue weighted by Gasteiger charge is 2.24. The van der Waals surface area contributed by atoms with Crippen molar-refractivity contribution in [3.8, 4) is 5.69 Å². The number of benzene rings is 1. The van der Waals surface area contributed by atoms with E-state index in [9.17, 15) is 0 Å². The average Bonchev–Trinajstić information content (AvgIpc) is 2.84. The van der Waals surface area contributed by atoms with Crippen molar-refractivity contribution in [1.29, 1.82) is 0 Å². The maximum atomic E-state index is 5.78. The van der Waals surface area contributed by atoms with Gasteiger partial charge in [0.1, 0.15) is 0 Å². The fourth-order valence-electron chi connectivity index (χ4n) is 2.96. The van der Waals surface area contributed by atoms with E-state index < -0.39 is 0 Å². The van der Waals surface area contributed by atoms with Gasteiger partial charge in [0.05, 0.1) is 17.9 Å². The van der Waals surface area contributed by atoms with Gasteiger partial charge in [0.15, 0.2) is 5.82 Å². The van der Waals surface area contributed by atoms with Crippen LogP contribution in [0.1, 0.15) is 32.5 Å². The van der Waals surface area contributed by atoms with Crippen molar-refractivity contribution in [3.63, 3.8) is 0 Å². The highest BCUT2D eigenvalue weighted by Crippen LogP contribution is 2.23. The lowest BCUT2D eigenvalue weighted by Gasteiger charge is -2.33. The molecule has 21 heavy (non-hydrogen) atoms. The summed E-state index contributed by atoms with van der Waals surface area (Å²) < 4.78 is 7.52. The molecule has 1 aromatic heterocycles. The number of hydrogen-bond donors (Lipinski definition) is 1. The Morgan fingerprint density at radius 2 is 2.00 bits per heavy atom. The number of nitrogens with zero attached hydrogens (tertiary/aromatic N) is 4. The minimum absolute atomic E-state index is 0.302. The Morgan fingerprint density at radius 3 is 2.67 bits per heavy atom. The van der Waals surface area contributed by atoms with Crippen LogP contribution in [0.5, 0.6) is 0 Å². The molecule has 1 aromatic carbocycles. The van der Waals surface area contributed by atoms with Gasteiger partial charge in [0.25, 0.3) is 0 Å². The number of ether oxygens (including phenoxy) is 1. The van der Waals surface area contributed by atoms with Crippen LogP contribution in [0.15, 0.2) is 24.3 Å². The summed E-state index contributed by atoms with van der Waals surface area (Å²) in [6.07, 6.45) is 2.66. The molecule has 3 rings (SSSR count). The Kier molecular flexibility index (Phi) is 3.88. The average molecular weight is 287 g/mol. The summed E-state index contributed by atoms with van der Waals surface area (Å²) in [5.41, 5.74) is 2.06. The predicted octanol–water partition coefficient (Wildman–Crippen LogP) is 2.34. The van der Waals surface area contributed by atoms with E-state index in [1.54, 1.807) is 4.68 Å². The van der Waals surface area contributed by atoms with Crippen LogP contribution in [-0.4, -0.2) is 38.5 Å². The van der Waals surface area contributed by atoms with Gasteiger partial charge in [-0.1, -0.05) is 6.07 Å². The van der Waals surface area contributed by atoms with E-state index in [1.165, 1.54) is 0 Å². The zero-order chi connectivity index (χ0) is 14.8. The van der Waals surface area contributed by atoms with Gasteiger partial charge in [0, 0.05) is 11.7 Å². The molecule has 2 aromatic rings. The third-order valence-electron chi connectivity index (χ3n) is 3.78. The molecule has 1 N–H and O–H groups in total. The molecule has 0 radical (unpaired) electrons. The second kappa shape index (κ2) is 5.81. The lowest BCUT2D eigenvalue weighted by Crippen LogP contribution is -2.36. The molecular formula is C15H21N5O. The smallest absolute Gasteiger partial charge is 0.153 e. The molecule has 6 nitrogen and oxygen atoms in total. The number of nitrogens with one attached hydrogen (secondary N) is 1. The van der Waals surface area contributed by atoms with Crippen LogP contribution in [0.4, 0.5) is 5.69 Å². The van der Waals surface area contributed by atoms with Crippen LogP contribution < -0.4 is 5.32 Å². The molecule has 0 amide bonds. The van der Waals surface area contributed by atoms with Crippen molar-refractivity contribution >= 4 is 5.69 Å². The summed E-state index contributed by atoms with van der Waals surface area (Å²) in [5.74, 6) is 0.778. The first-order valence-corrected chi connectivity index (χ1v) is 7.39. The third-order valence-corrected chi connectivity index (χ3v) is 3.78. The topological polar surface area (TPSA) is 64.9 Å². The van der Waals surface area contributed by atoms with E-state index in [1.807, 2.05) is 19.1 Å². The lowest BCUT2D eigenvalue weighted by atomic mass is 9.99. The number of anilines is 1. The van der Waals surface area contributed by atoms with E-state index in [0.29, 0.717) is 18.2 Å². The Hall–Kier alpha value is -1.95. The van der Waals surface area contributed by atoms with Gasteiger partial charge in [-0.2, -0.15) is 4.68 Å². The normalized spacial score (nSPS) is 25.8. The van der Waals surface area contributed by atoms with E-state index in [-0.39, 0.29) is 0 Å². The van der Waals surface area contributed by atoms with Gasteiger partial charge < -0.3 is 10.1 Å². The van der Waals surface area contributed by atoms with Crippen LogP contribution in [0.25, 0.3) is 5.69 Å². The van der Waals surface area contributed by atoms with Gasteiger partial charge in [-0.15, -0.1) is 5.10 Å².